The van der Waals surface area contributed by atoms with Crippen molar-refractivity contribution in [2.24, 2.45) is 5.16 Å². The van der Waals surface area contributed by atoms with Gasteiger partial charge in [-0.15, -0.1) is 23.1 Å². The van der Waals surface area contributed by atoms with Crippen LogP contribution in [0, 0.1) is 0 Å². The van der Waals surface area contributed by atoms with E-state index in [0.717, 1.165) is 11.3 Å². The lowest BCUT2D eigenvalue weighted by Gasteiger charge is -2.49. The van der Waals surface area contributed by atoms with Crippen LogP contribution in [0.3, 0.4) is 0 Å². The van der Waals surface area contributed by atoms with Gasteiger partial charge in [-0.1, -0.05) is 16.5 Å². The molecule has 4 heterocycles. The minimum Gasteiger partial charge on any atom is -0.477 e. The molecule has 0 spiro atoms. The maximum absolute atomic E-state index is 12.9. The molecule has 33 heavy (non-hydrogen) atoms. The van der Waals surface area contributed by atoms with Crippen molar-refractivity contribution in [2.75, 3.05) is 24.8 Å². The zero-order valence-electron chi connectivity index (χ0n) is 16.8. The number of carbonyl (C=O) groups excluding carboxylic acids is 2. The lowest BCUT2D eigenvalue weighted by atomic mass is 10.0. The van der Waals surface area contributed by atoms with Gasteiger partial charge < -0.3 is 21.0 Å². The smallest absolute Gasteiger partial charge is 0.352 e. The molecule has 0 unspecified atom stereocenters. The number of amides is 2. The monoisotopic (exact) mass is 513 g/mol. The van der Waals surface area contributed by atoms with Crippen LogP contribution in [0.5, 0.6) is 0 Å². The Morgan fingerprint density at radius 1 is 1.48 bits per heavy atom. The number of hydrogen-bond acceptors (Lipinski definition) is 10. The molecule has 0 radical (unpaired) electrons. The molecule has 0 aromatic carbocycles. The van der Waals surface area contributed by atoms with Gasteiger partial charge in [0.15, 0.2) is 23.6 Å². The third-order valence-corrected chi connectivity index (χ3v) is 7.43. The number of oxime groups is 1. The highest BCUT2D eigenvalue weighted by Gasteiger charge is 2.54. The number of carboxylic acid groups (broad SMARTS) is 1. The number of nitrogens with one attached hydrogen (secondary N) is 1. The Bertz CT molecular complexity index is 1130. The van der Waals surface area contributed by atoms with Gasteiger partial charge in [0.05, 0.1) is 5.38 Å². The van der Waals surface area contributed by atoms with E-state index in [1.54, 1.807) is 0 Å². The number of hydrogen-bond donors (Lipinski definition) is 3. The van der Waals surface area contributed by atoms with Gasteiger partial charge in [0.1, 0.15) is 36.1 Å². The Hall–Kier alpha value is -3.04. The fourth-order valence-electron chi connectivity index (χ4n) is 3.33. The van der Waals surface area contributed by atoms with Gasteiger partial charge in [-0.05, 0) is 0 Å². The van der Waals surface area contributed by atoms with E-state index in [4.69, 9.17) is 10.6 Å². The molecule has 0 aliphatic carbocycles. The fourth-order valence-corrected chi connectivity index (χ4v) is 5.81. The molecule has 1 fully saturated rings. The van der Waals surface area contributed by atoms with Crippen LogP contribution >= 0.6 is 34.4 Å². The van der Waals surface area contributed by atoms with Crippen LogP contribution < -0.4 is 15.6 Å². The normalized spacial score (nSPS) is 20.3. The number of fused-ring (bicyclic) bond motifs is 1. The molecule has 0 bridgehead atoms. The van der Waals surface area contributed by atoms with Gasteiger partial charge in [-0.3, -0.25) is 14.5 Å². The number of thioether (sulfide) groups is 1. The van der Waals surface area contributed by atoms with E-state index in [-0.39, 0.29) is 28.8 Å². The largest absolute Gasteiger partial charge is 0.477 e. The quantitative estimate of drug-likeness (QED) is 0.141. The molecule has 2 aliphatic heterocycles. The SMILES string of the molecule is Nc1nc(/C(=N/OCCF)C(=O)N[C@@H]2C(=O)N3C(C(=O)O)=C(C[n+]4ccsc4)CS[C@H]23)cs1. The lowest BCUT2D eigenvalue weighted by Crippen LogP contribution is -2.71. The van der Waals surface area contributed by atoms with Gasteiger partial charge in [0.2, 0.25) is 5.51 Å². The Kier molecular flexibility index (Phi) is 6.90. The van der Waals surface area contributed by atoms with E-state index in [9.17, 15) is 23.9 Å². The minimum absolute atomic E-state index is 0.0691. The first-order valence-corrected chi connectivity index (χ1v) is 12.4. The van der Waals surface area contributed by atoms with Crippen LogP contribution in [-0.4, -0.2) is 68.9 Å². The van der Waals surface area contributed by atoms with Crippen LogP contribution in [0.1, 0.15) is 5.69 Å². The molecule has 2 aliphatic rings. The number of β-lactam (4-membered cyclic amide) rings is 1. The first-order chi connectivity index (χ1) is 15.9. The Balaban J connectivity index is 1.52. The Morgan fingerprint density at radius 3 is 2.94 bits per heavy atom. The minimum atomic E-state index is -1.20. The topological polar surface area (TPSA) is 151 Å². The van der Waals surface area contributed by atoms with Crippen molar-refractivity contribution in [3.05, 3.63) is 39.4 Å². The van der Waals surface area contributed by atoms with Gasteiger partial charge in [-0.2, -0.15) is 4.57 Å². The highest BCUT2D eigenvalue weighted by Crippen LogP contribution is 2.40. The molecule has 2 aromatic heterocycles. The number of carbonyl (C=O) groups is 3. The van der Waals surface area contributed by atoms with E-state index in [2.05, 4.69) is 15.5 Å². The molecule has 4 rings (SSSR count). The summed E-state index contributed by atoms with van der Waals surface area (Å²) in [5.74, 6) is -2.14. The van der Waals surface area contributed by atoms with Crippen LogP contribution in [0.25, 0.3) is 0 Å². The molecule has 15 heteroatoms. The van der Waals surface area contributed by atoms with Gasteiger partial charge in [0, 0.05) is 16.7 Å². The van der Waals surface area contributed by atoms with Crippen LogP contribution in [0.15, 0.2) is 38.9 Å². The number of nitrogens with two attached hydrogens (primary N) is 1. The number of aromatic nitrogens is 2. The van der Waals surface area contributed by atoms with E-state index >= 15 is 0 Å². The summed E-state index contributed by atoms with van der Waals surface area (Å²) in [5, 5.41) is 18.9. The van der Waals surface area contributed by atoms with Crippen molar-refractivity contribution in [1.82, 2.24) is 15.2 Å². The van der Waals surface area contributed by atoms with Crippen molar-refractivity contribution >= 4 is 63.1 Å². The maximum Gasteiger partial charge on any atom is 0.352 e. The first kappa shape index (κ1) is 23.1. The first-order valence-electron chi connectivity index (χ1n) is 9.50. The molecule has 2 aromatic rings. The molecule has 2 amide bonds. The average Bonchev–Trinajstić information content (AvgIpc) is 3.46. The van der Waals surface area contributed by atoms with Crippen molar-refractivity contribution in [3.8, 4) is 0 Å². The number of alkyl halides is 1. The second-order valence-electron chi connectivity index (χ2n) is 6.85. The zero-order valence-corrected chi connectivity index (χ0v) is 19.3. The van der Waals surface area contributed by atoms with Crippen molar-refractivity contribution in [1.29, 1.82) is 0 Å². The lowest BCUT2D eigenvalue weighted by molar-refractivity contribution is -0.684. The summed E-state index contributed by atoms with van der Waals surface area (Å²) in [6.45, 7) is -0.814. The number of anilines is 1. The highest BCUT2D eigenvalue weighted by molar-refractivity contribution is 8.00. The summed E-state index contributed by atoms with van der Waals surface area (Å²) in [5.41, 5.74) is 7.86. The third-order valence-electron chi connectivity index (χ3n) is 4.74. The van der Waals surface area contributed by atoms with Crippen molar-refractivity contribution in [2.45, 2.75) is 18.0 Å². The summed E-state index contributed by atoms with van der Waals surface area (Å²) in [6.07, 6.45) is 1.83. The summed E-state index contributed by atoms with van der Waals surface area (Å²) >= 11 is 3.91. The molecular weight excluding hydrogens is 495 g/mol. The Labute approximate surface area is 198 Å². The molecule has 1 saturated heterocycles. The van der Waals surface area contributed by atoms with Crippen LogP contribution in [0.2, 0.25) is 0 Å². The van der Waals surface area contributed by atoms with Gasteiger partial charge in [-0.25, -0.2) is 14.2 Å². The number of carboxylic acids is 1. The molecule has 174 valence electrons. The predicted octanol–water partition coefficient (Wildman–Crippen LogP) is 0.203. The van der Waals surface area contributed by atoms with Gasteiger partial charge >= 0.3 is 5.97 Å². The number of aliphatic carboxylic acids is 1. The number of nitrogen functional groups attached to an aromatic ring is 1. The highest BCUT2D eigenvalue weighted by atomic mass is 32.2. The van der Waals surface area contributed by atoms with E-state index in [1.165, 1.54) is 33.4 Å². The standard InChI is InChI=1S/C18H17FN6O5S3/c19-1-3-30-23-11(10-7-33-18(20)21-10)14(26)22-12-15(27)25-13(17(28)29)9(6-32-16(12)25)5-24-2-4-31-8-24/h2,4,7-8,12,16H,1,3,5-6H2,(H3-,20,21,22,26,28,29)/p+1/b23-11-/t12-,16-/m1/s1. The van der Waals surface area contributed by atoms with E-state index in [1.807, 2.05) is 21.7 Å². The summed E-state index contributed by atoms with van der Waals surface area (Å²) in [7, 11) is 0. The number of thiazole rings is 2. The van der Waals surface area contributed by atoms with Crippen molar-refractivity contribution < 1.29 is 33.3 Å². The second kappa shape index (κ2) is 9.84. The fraction of sp³-hybridized carbons (Fsp3) is 0.333. The predicted molar refractivity (Wildman–Crippen MR) is 119 cm³/mol. The van der Waals surface area contributed by atoms with Crippen LogP contribution in [0.4, 0.5) is 9.52 Å². The molecule has 11 nitrogen and oxygen atoms in total. The number of rotatable bonds is 9. The third kappa shape index (κ3) is 4.69. The summed E-state index contributed by atoms with van der Waals surface area (Å²) in [4.78, 5) is 47.7. The van der Waals surface area contributed by atoms with Crippen molar-refractivity contribution in [3.63, 3.8) is 0 Å². The zero-order chi connectivity index (χ0) is 23.5. The van der Waals surface area contributed by atoms with Crippen LogP contribution in [-0.2, 0) is 25.8 Å². The maximum atomic E-state index is 12.9. The summed E-state index contributed by atoms with van der Waals surface area (Å²) in [6, 6.07) is -0.963. The molecule has 0 saturated carbocycles. The molecule has 2 atom stereocenters. The number of halogens is 1. The van der Waals surface area contributed by atoms with E-state index in [0.29, 0.717) is 17.9 Å². The molecular formula is C18H18FN6O5S3+. The Morgan fingerprint density at radius 2 is 2.30 bits per heavy atom. The van der Waals surface area contributed by atoms with E-state index < -0.39 is 35.9 Å². The summed E-state index contributed by atoms with van der Waals surface area (Å²) < 4.78 is 14.2. The number of nitrogens with zero attached hydrogens (tertiary/aromatic N) is 4. The average molecular weight is 514 g/mol. The second-order valence-corrected chi connectivity index (χ2v) is 9.60. The molecule has 4 N–H and O–H groups in total. The van der Waals surface area contributed by atoms with Gasteiger partial charge in [0.25, 0.3) is 11.8 Å².